The number of rotatable bonds is 8. The number of fused-ring (bicyclic) bond motifs is 4. The van der Waals surface area contributed by atoms with E-state index in [0.717, 1.165) is 97.4 Å². The van der Waals surface area contributed by atoms with Gasteiger partial charge in [-0.1, -0.05) is 41.4 Å². The molecular formula is C49H48Cl2F3N7O3. The molecular weight excluding hydrogens is 862 g/mol. The maximum atomic E-state index is 17.1. The molecule has 15 heteroatoms. The van der Waals surface area contributed by atoms with Crippen molar-refractivity contribution in [3.05, 3.63) is 111 Å². The highest BCUT2D eigenvalue weighted by molar-refractivity contribution is 6.43. The van der Waals surface area contributed by atoms with Gasteiger partial charge in [0.15, 0.2) is 5.82 Å². The fourth-order valence-electron chi connectivity index (χ4n) is 9.32. The van der Waals surface area contributed by atoms with Crippen LogP contribution in [0, 0.1) is 40.6 Å². The van der Waals surface area contributed by atoms with E-state index in [1.165, 1.54) is 25.5 Å². The lowest BCUT2D eigenvalue weighted by Gasteiger charge is -2.27. The molecule has 3 aromatic carbocycles. The monoisotopic (exact) mass is 909 g/mol. The highest BCUT2D eigenvalue weighted by Crippen LogP contribution is 2.45. The number of likely N-dealkylation sites (tertiary alicyclic amines) is 1. The number of hydrogen-bond donors (Lipinski definition) is 3. The van der Waals surface area contributed by atoms with E-state index in [4.69, 9.17) is 43.0 Å². The molecule has 332 valence electrons. The Labute approximate surface area is 379 Å². The highest BCUT2D eigenvalue weighted by Gasteiger charge is 2.40. The van der Waals surface area contributed by atoms with Gasteiger partial charge in [0.05, 0.1) is 53.2 Å². The number of pyridine rings is 2. The molecule has 4 saturated heterocycles. The number of benzene rings is 3. The van der Waals surface area contributed by atoms with Crippen LogP contribution < -0.4 is 10.2 Å². The van der Waals surface area contributed by atoms with Gasteiger partial charge in [-0.2, -0.15) is 5.26 Å². The van der Waals surface area contributed by atoms with Crippen molar-refractivity contribution in [2.45, 2.75) is 70.1 Å². The molecule has 6 aliphatic rings. The third-order valence-corrected chi connectivity index (χ3v) is 13.8. The molecule has 6 aromatic rings. The third kappa shape index (κ3) is 8.91. The smallest absolute Gasteiger partial charge is 0.226 e. The summed E-state index contributed by atoms with van der Waals surface area (Å²) in [5, 5.41) is 23.3. The summed E-state index contributed by atoms with van der Waals surface area (Å²) in [5.74, 6) is 0.321. The number of morpholine rings is 1. The minimum atomic E-state index is -0.706. The van der Waals surface area contributed by atoms with Gasteiger partial charge < -0.3 is 29.9 Å². The Morgan fingerprint density at radius 3 is 2.36 bits per heavy atom. The van der Waals surface area contributed by atoms with Gasteiger partial charge in [0.2, 0.25) is 5.91 Å². The summed E-state index contributed by atoms with van der Waals surface area (Å²) in [6.07, 6.45) is 8.92. The SMILES string of the molecule is C1NC2CC1C2.N#CCCc1cc2c(nc(-c3ccc(N4CCOCC4)nc3)c3cc(C4CCCN4C(=O)C4CC4)[nH]c32)c(F)c1-c1cccc(Cl)c1Cl.OCc1c(F)cccc1F. The quantitative estimate of drug-likeness (QED) is 0.138. The normalized spacial score (nSPS) is 20.0. The molecule has 3 N–H and O–H groups in total. The number of aromatic nitrogens is 3. The van der Waals surface area contributed by atoms with Gasteiger partial charge in [-0.05, 0) is 105 Å². The maximum Gasteiger partial charge on any atom is 0.226 e. The van der Waals surface area contributed by atoms with Crippen molar-refractivity contribution in [2.75, 3.05) is 44.3 Å². The van der Waals surface area contributed by atoms with Crippen LogP contribution in [0.5, 0.6) is 0 Å². The number of nitrogens with one attached hydrogen (secondary N) is 2. The van der Waals surface area contributed by atoms with E-state index in [-0.39, 0.29) is 46.0 Å². The first kappa shape index (κ1) is 44.0. The third-order valence-electron chi connectivity index (χ3n) is 13.0. The van der Waals surface area contributed by atoms with Gasteiger partial charge in [0.25, 0.3) is 0 Å². The zero-order valence-corrected chi connectivity index (χ0v) is 36.7. The Hall–Kier alpha value is -5.23. The number of halogens is 5. The number of aryl methyl sites for hydroxylation is 1. The van der Waals surface area contributed by atoms with Crippen molar-refractivity contribution in [1.29, 1.82) is 5.26 Å². The van der Waals surface area contributed by atoms with Gasteiger partial charge in [-0.15, -0.1) is 0 Å². The molecule has 1 atom stereocenters. The Bertz CT molecular complexity index is 2700. The Balaban J connectivity index is 0.000000270. The molecule has 10 nitrogen and oxygen atoms in total. The number of nitrogens with zero attached hydrogens (tertiary/aromatic N) is 5. The van der Waals surface area contributed by atoms with Crippen LogP contribution in [0.15, 0.2) is 66.9 Å². The second-order valence-corrected chi connectivity index (χ2v) is 17.9. The number of anilines is 1. The molecule has 1 unspecified atom stereocenters. The van der Waals surface area contributed by atoms with Crippen molar-refractivity contribution < 1.29 is 27.8 Å². The lowest BCUT2D eigenvalue weighted by Crippen LogP contribution is -2.36. The van der Waals surface area contributed by atoms with Crippen LogP contribution in [0.25, 0.3) is 44.2 Å². The summed E-state index contributed by atoms with van der Waals surface area (Å²) in [7, 11) is 0. The van der Waals surface area contributed by atoms with Crippen molar-refractivity contribution in [3.8, 4) is 28.5 Å². The number of carbonyl (C=O) groups excluding carboxylic acids is 1. The van der Waals surface area contributed by atoms with E-state index in [1.54, 1.807) is 24.4 Å². The summed E-state index contributed by atoms with van der Waals surface area (Å²) >= 11 is 13.1. The fourth-order valence-corrected chi connectivity index (χ4v) is 9.72. The number of nitriles is 1. The molecule has 0 spiro atoms. The van der Waals surface area contributed by atoms with Gasteiger partial charge in [-0.3, -0.25) is 4.79 Å². The summed E-state index contributed by atoms with van der Waals surface area (Å²) in [4.78, 5) is 30.9. The van der Waals surface area contributed by atoms with Gasteiger partial charge >= 0.3 is 0 Å². The number of hydrogen-bond acceptors (Lipinski definition) is 8. The zero-order chi connectivity index (χ0) is 44.5. The van der Waals surface area contributed by atoms with Crippen molar-refractivity contribution in [3.63, 3.8) is 0 Å². The standard InChI is InChI=1S/C37H33Cl2FN6O2.C7H6F2O.C5H9N/c38-27-6-1-5-24(32(27)39)31-22(4-2-12-41)18-25-35-26(19-28(43-35)29-7-3-13-46(29)37(47)21-8-9-21)34(44-36(25)33(31)40)23-10-11-30(42-20-23)45-14-16-48-17-15-45;8-6-2-1-3-7(9)5(6)4-10;1-4-2-5(1)6-3-4/h1,5-6,10-11,18-21,29,43H,2-4,7-9,13-17H2;1-3,10H,4H2;4-6H,1-3H2. The predicted molar refractivity (Wildman–Crippen MR) is 242 cm³/mol. The van der Waals surface area contributed by atoms with E-state index in [1.807, 2.05) is 23.1 Å². The van der Waals surface area contributed by atoms with Crippen molar-refractivity contribution in [2.24, 2.45) is 11.8 Å². The first-order valence-electron chi connectivity index (χ1n) is 22.0. The number of aliphatic hydroxyl groups is 1. The van der Waals surface area contributed by atoms with E-state index in [9.17, 15) is 18.8 Å². The van der Waals surface area contributed by atoms with Crippen molar-refractivity contribution in [1.82, 2.24) is 25.2 Å². The van der Waals surface area contributed by atoms with Crippen LogP contribution in [0.3, 0.4) is 0 Å². The summed E-state index contributed by atoms with van der Waals surface area (Å²) in [6.45, 7) is 4.26. The van der Waals surface area contributed by atoms with E-state index >= 15 is 4.39 Å². The molecule has 0 radical (unpaired) electrons. The second kappa shape index (κ2) is 19.1. The second-order valence-electron chi connectivity index (χ2n) is 17.1. The van der Waals surface area contributed by atoms with Gasteiger partial charge in [0.1, 0.15) is 23.0 Å². The molecule has 2 aliphatic carbocycles. The minimum Gasteiger partial charge on any atom is -0.391 e. The summed E-state index contributed by atoms with van der Waals surface area (Å²) < 4.78 is 47.5. The number of carbonyl (C=O) groups is 1. The van der Waals surface area contributed by atoms with Crippen LogP contribution in [-0.4, -0.2) is 76.3 Å². The molecule has 1 amide bonds. The number of aromatic amines is 1. The Kier molecular flexibility index (Phi) is 13.1. The van der Waals surface area contributed by atoms with Gasteiger partial charge in [-0.25, -0.2) is 23.1 Å². The van der Waals surface area contributed by atoms with Crippen LogP contribution >= 0.6 is 23.2 Å². The Morgan fingerprint density at radius 1 is 0.969 bits per heavy atom. The van der Waals surface area contributed by atoms with E-state index in [0.29, 0.717) is 46.9 Å². The van der Waals surface area contributed by atoms with Crippen LogP contribution in [0.4, 0.5) is 19.0 Å². The molecule has 7 heterocycles. The number of H-pyrrole nitrogens is 1. The molecule has 64 heavy (non-hydrogen) atoms. The number of amides is 1. The maximum absolute atomic E-state index is 17.1. The first-order chi connectivity index (χ1) is 31.1. The molecule has 4 aliphatic heterocycles. The fraction of sp³-hybridized carbons (Fsp3) is 0.388. The largest absolute Gasteiger partial charge is 0.391 e. The molecule has 2 bridgehead atoms. The van der Waals surface area contributed by atoms with E-state index in [2.05, 4.69) is 27.3 Å². The Morgan fingerprint density at radius 2 is 1.73 bits per heavy atom. The predicted octanol–water partition coefficient (Wildman–Crippen LogP) is 10.1. The highest BCUT2D eigenvalue weighted by atomic mass is 35.5. The first-order valence-corrected chi connectivity index (χ1v) is 22.7. The average Bonchev–Trinajstić information content (AvgIpc) is 3.68. The lowest BCUT2D eigenvalue weighted by molar-refractivity contribution is -0.133. The summed E-state index contributed by atoms with van der Waals surface area (Å²) in [5.41, 5.74) is 4.24. The van der Waals surface area contributed by atoms with Crippen molar-refractivity contribution >= 4 is 56.7 Å². The number of aliphatic hydroxyl groups excluding tert-OH is 1. The molecule has 2 saturated carbocycles. The van der Waals surface area contributed by atoms with Crippen LogP contribution in [0.1, 0.15) is 67.8 Å². The number of ether oxygens (including phenoxy) is 1. The average molecular weight is 911 g/mol. The summed E-state index contributed by atoms with van der Waals surface area (Å²) in [6, 6.07) is 19.6. The van der Waals surface area contributed by atoms with E-state index < -0.39 is 24.1 Å². The molecule has 12 rings (SSSR count). The topological polar surface area (TPSA) is 130 Å². The van der Waals surface area contributed by atoms with Crippen LogP contribution in [0.2, 0.25) is 10.0 Å². The van der Waals surface area contributed by atoms with Crippen LogP contribution in [-0.2, 0) is 22.6 Å². The minimum absolute atomic E-state index is 0.0948. The van der Waals surface area contributed by atoms with Gasteiger partial charge in [0, 0.05) is 82.9 Å². The lowest BCUT2D eigenvalue weighted by atomic mass is 9.87. The molecule has 6 fully saturated rings. The molecule has 3 aromatic heterocycles. The zero-order valence-electron chi connectivity index (χ0n) is 35.2.